The van der Waals surface area contributed by atoms with E-state index in [1.54, 1.807) is 0 Å². The number of aromatic nitrogens is 2. The first-order chi connectivity index (χ1) is 9.17. The van der Waals surface area contributed by atoms with E-state index in [1.165, 1.54) is 5.56 Å². The molecular formula is C14H18ClN3O. The molecule has 0 saturated carbocycles. The highest BCUT2D eigenvalue weighted by Crippen LogP contribution is 2.13. The van der Waals surface area contributed by atoms with E-state index in [0.717, 1.165) is 29.6 Å². The van der Waals surface area contributed by atoms with Crippen molar-refractivity contribution in [3.8, 4) is 0 Å². The van der Waals surface area contributed by atoms with Gasteiger partial charge in [-0.2, -0.15) is 0 Å². The molecule has 1 aromatic heterocycles. The van der Waals surface area contributed by atoms with Crippen LogP contribution in [0.4, 0.5) is 0 Å². The van der Waals surface area contributed by atoms with E-state index < -0.39 is 0 Å². The van der Waals surface area contributed by atoms with Crippen molar-refractivity contribution < 1.29 is 5.11 Å². The Bertz CT molecular complexity index is 510. The van der Waals surface area contributed by atoms with Gasteiger partial charge in [0.25, 0.3) is 0 Å². The fraction of sp³-hybridized carbons (Fsp3) is 0.357. The Morgan fingerprint density at radius 3 is 2.58 bits per heavy atom. The third kappa shape index (κ3) is 4.35. The molecule has 0 bridgehead atoms. The molecule has 0 aliphatic carbocycles. The van der Waals surface area contributed by atoms with Gasteiger partial charge in [-0.15, -0.1) is 0 Å². The maximum atomic E-state index is 9.15. The van der Waals surface area contributed by atoms with Crippen LogP contribution < -0.4 is 0 Å². The predicted molar refractivity (Wildman–Crippen MR) is 76.0 cm³/mol. The van der Waals surface area contributed by atoms with E-state index in [0.29, 0.717) is 6.54 Å². The Hall–Kier alpha value is -1.36. The number of hydrogen-bond donors (Lipinski definition) is 2. The van der Waals surface area contributed by atoms with E-state index in [-0.39, 0.29) is 6.61 Å². The number of aliphatic hydroxyl groups excluding tert-OH is 1. The summed E-state index contributed by atoms with van der Waals surface area (Å²) in [5, 5.41) is 9.89. The number of imidazole rings is 1. The minimum absolute atomic E-state index is 0.140. The number of benzene rings is 1. The predicted octanol–water partition coefficient (Wildman–Crippen LogP) is 2.37. The number of nitrogens with one attached hydrogen (secondary N) is 1. The van der Waals surface area contributed by atoms with Crippen molar-refractivity contribution in [2.45, 2.75) is 20.0 Å². The third-order valence-corrected chi connectivity index (χ3v) is 3.14. The first-order valence-electron chi connectivity index (χ1n) is 6.25. The molecule has 2 N–H and O–H groups in total. The van der Waals surface area contributed by atoms with Crippen molar-refractivity contribution in [2.24, 2.45) is 0 Å². The summed E-state index contributed by atoms with van der Waals surface area (Å²) in [6, 6.07) is 7.78. The van der Waals surface area contributed by atoms with Gasteiger partial charge >= 0.3 is 0 Å². The van der Waals surface area contributed by atoms with Crippen LogP contribution in [0.25, 0.3) is 0 Å². The molecule has 4 nitrogen and oxygen atoms in total. The number of halogens is 1. The molecule has 102 valence electrons. The molecule has 0 fully saturated rings. The van der Waals surface area contributed by atoms with Crippen molar-refractivity contribution in [1.82, 2.24) is 14.9 Å². The second kappa shape index (κ2) is 6.70. The molecule has 0 spiro atoms. The fourth-order valence-corrected chi connectivity index (χ4v) is 2.12. The monoisotopic (exact) mass is 279 g/mol. The van der Waals surface area contributed by atoms with Crippen molar-refractivity contribution in [3.05, 3.63) is 52.6 Å². The summed E-state index contributed by atoms with van der Waals surface area (Å²) in [6.07, 6.45) is 1.83. The van der Waals surface area contributed by atoms with Crippen molar-refractivity contribution in [1.29, 1.82) is 0 Å². The first kappa shape index (κ1) is 14.1. The minimum atomic E-state index is 0.140. The number of aliphatic hydroxyl groups is 1. The molecule has 1 aromatic carbocycles. The maximum Gasteiger partial charge on any atom is 0.103 e. The lowest BCUT2D eigenvalue weighted by molar-refractivity contribution is 0.183. The van der Waals surface area contributed by atoms with Crippen LogP contribution in [0.5, 0.6) is 0 Å². The van der Waals surface area contributed by atoms with Crippen LogP contribution in [-0.4, -0.2) is 33.1 Å². The number of aromatic amines is 1. The van der Waals surface area contributed by atoms with E-state index in [2.05, 4.69) is 14.9 Å². The molecule has 0 aliphatic heterocycles. The number of rotatable bonds is 6. The van der Waals surface area contributed by atoms with Gasteiger partial charge in [0.2, 0.25) is 0 Å². The molecule has 2 rings (SSSR count). The number of H-pyrrole nitrogens is 1. The Balaban J connectivity index is 2.01. The van der Waals surface area contributed by atoms with E-state index in [1.807, 2.05) is 37.4 Å². The molecule has 5 heteroatoms. The molecule has 19 heavy (non-hydrogen) atoms. The summed E-state index contributed by atoms with van der Waals surface area (Å²) in [5.74, 6) is 0.908. The quantitative estimate of drug-likeness (QED) is 0.853. The molecule has 0 radical (unpaired) electrons. The average molecular weight is 280 g/mol. The normalized spacial score (nSPS) is 11.2. The van der Waals surface area contributed by atoms with Gasteiger partial charge in [0.1, 0.15) is 5.82 Å². The van der Waals surface area contributed by atoms with Gasteiger partial charge in [-0.05, 0) is 24.6 Å². The van der Waals surface area contributed by atoms with Crippen LogP contribution >= 0.6 is 11.6 Å². The van der Waals surface area contributed by atoms with E-state index in [4.69, 9.17) is 16.7 Å². The van der Waals surface area contributed by atoms with Gasteiger partial charge in [0, 0.05) is 36.5 Å². The molecule has 1 heterocycles. The average Bonchev–Trinajstić information content (AvgIpc) is 2.78. The summed E-state index contributed by atoms with van der Waals surface area (Å²) >= 11 is 5.88. The second-order valence-electron chi connectivity index (χ2n) is 4.55. The zero-order chi connectivity index (χ0) is 13.7. The van der Waals surface area contributed by atoms with Crippen molar-refractivity contribution in [3.63, 3.8) is 0 Å². The lowest BCUT2D eigenvalue weighted by Gasteiger charge is -2.20. The fourth-order valence-electron chi connectivity index (χ4n) is 2.00. The zero-order valence-corrected chi connectivity index (χ0v) is 11.7. The SMILES string of the molecule is Cc1ncc(CN(CCO)Cc2ccc(Cl)cc2)[nH]1. The number of hydrogen-bond acceptors (Lipinski definition) is 3. The van der Waals surface area contributed by atoms with Crippen LogP contribution in [0.2, 0.25) is 5.02 Å². The molecule has 0 saturated heterocycles. The third-order valence-electron chi connectivity index (χ3n) is 2.89. The summed E-state index contributed by atoms with van der Waals surface area (Å²) in [4.78, 5) is 9.55. The molecule has 0 amide bonds. The van der Waals surface area contributed by atoms with Gasteiger partial charge in [-0.1, -0.05) is 23.7 Å². The second-order valence-corrected chi connectivity index (χ2v) is 4.99. The van der Waals surface area contributed by atoms with Crippen molar-refractivity contribution in [2.75, 3.05) is 13.2 Å². The first-order valence-corrected chi connectivity index (χ1v) is 6.63. The van der Waals surface area contributed by atoms with Crippen LogP contribution in [0.15, 0.2) is 30.5 Å². The lowest BCUT2D eigenvalue weighted by atomic mass is 10.2. The van der Waals surface area contributed by atoms with Crippen LogP contribution in [-0.2, 0) is 13.1 Å². The largest absolute Gasteiger partial charge is 0.395 e. The Labute approximate surface area is 118 Å². The standard InChI is InChI=1S/C14H18ClN3O/c1-11-16-8-14(17-11)10-18(6-7-19)9-12-2-4-13(15)5-3-12/h2-5,8,19H,6-7,9-10H2,1H3,(H,16,17). The van der Waals surface area contributed by atoms with Gasteiger partial charge in [0.05, 0.1) is 6.61 Å². The topological polar surface area (TPSA) is 52.1 Å². The molecule has 2 aromatic rings. The van der Waals surface area contributed by atoms with Crippen molar-refractivity contribution >= 4 is 11.6 Å². The van der Waals surface area contributed by atoms with Gasteiger partial charge in [-0.25, -0.2) is 4.98 Å². The van der Waals surface area contributed by atoms with Crippen LogP contribution in [0, 0.1) is 6.92 Å². The van der Waals surface area contributed by atoms with Crippen LogP contribution in [0.1, 0.15) is 17.1 Å². The Morgan fingerprint density at radius 2 is 2.00 bits per heavy atom. The summed E-state index contributed by atoms with van der Waals surface area (Å²) in [7, 11) is 0. The molecule has 0 atom stereocenters. The Morgan fingerprint density at radius 1 is 1.26 bits per heavy atom. The highest BCUT2D eigenvalue weighted by molar-refractivity contribution is 6.30. The maximum absolute atomic E-state index is 9.15. The van der Waals surface area contributed by atoms with Crippen LogP contribution in [0.3, 0.4) is 0 Å². The number of aryl methyl sites for hydroxylation is 1. The highest BCUT2D eigenvalue weighted by atomic mass is 35.5. The minimum Gasteiger partial charge on any atom is -0.395 e. The van der Waals surface area contributed by atoms with Gasteiger partial charge in [-0.3, -0.25) is 4.90 Å². The summed E-state index contributed by atoms with van der Waals surface area (Å²) in [6.45, 7) is 4.21. The van der Waals surface area contributed by atoms with Gasteiger partial charge < -0.3 is 10.1 Å². The van der Waals surface area contributed by atoms with Gasteiger partial charge in [0.15, 0.2) is 0 Å². The smallest absolute Gasteiger partial charge is 0.103 e. The molecule has 0 aliphatic rings. The highest BCUT2D eigenvalue weighted by Gasteiger charge is 2.08. The molecular weight excluding hydrogens is 262 g/mol. The summed E-state index contributed by atoms with van der Waals surface area (Å²) in [5.41, 5.74) is 2.23. The summed E-state index contributed by atoms with van der Waals surface area (Å²) < 4.78 is 0. The number of nitrogens with zero attached hydrogens (tertiary/aromatic N) is 2. The lowest BCUT2D eigenvalue weighted by Crippen LogP contribution is -2.26. The zero-order valence-electron chi connectivity index (χ0n) is 10.9. The molecule has 0 unspecified atom stereocenters. The Kier molecular flexibility index (Phi) is 4.96. The van der Waals surface area contributed by atoms with E-state index >= 15 is 0 Å². The van der Waals surface area contributed by atoms with E-state index in [9.17, 15) is 0 Å².